The molecule has 0 saturated heterocycles. The first-order valence-electron chi connectivity index (χ1n) is 6.25. The molecule has 1 saturated carbocycles. The van der Waals surface area contributed by atoms with E-state index in [0.717, 1.165) is 17.7 Å². The van der Waals surface area contributed by atoms with E-state index in [2.05, 4.69) is 0 Å². The fraction of sp³-hybridized carbons (Fsp3) is 0.667. The van der Waals surface area contributed by atoms with Gasteiger partial charge in [-0.1, -0.05) is 13.8 Å². The van der Waals surface area contributed by atoms with E-state index in [-0.39, 0.29) is 6.04 Å². The summed E-state index contributed by atoms with van der Waals surface area (Å²) in [6.45, 7) is 5.09. The molecule has 6 heteroatoms. The Morgan fingerprint density at radius 3 is 2.56 bits per heavy atom. The number of thiophene rings is 1. The van der Waals surface area contributed by atoms with Crippen LogP contribution in [-0.4, -0.2) is 25.3 Å². The maximum absolute atomic E-state index is 12.6. The second-order valence-corrected chi connectivity index (χ2v) is 8.41. The highest BCUT2D eigenvalue weighted by Gasteiger charge is 2.38. The lowest BCUT2D eigenvalue weighted by Gasteiger charge is -2.22. The summed E-state index contributed by atoms with van der Waals surface area (Å²) in [5, 5.41) is 0. The molecule has 0 aromatic carbocycles. The number of hydrogen-bond donors (Lipinski definition) is 1. The highest BCUT2D eigenvalue weighted by Crippen LogP contribution is 2.34. The van der Waals surface area contributed by atoms with Crippen LogP contribution < -0.4 is 5.73 Å². The van der Waals surface area contributed by atoms with Gasteiger partial charge in [0.25, 0.3) is 10.0 Å². The molecule has 0 amide bonds. The quantitative estimate of drug-likeness (QED) is 0.871. The van der Waals surface area contributed by atoms with Crippen LogP contribution in [0.1, 0.15) is 31.6 Å². The first-order chi connectivity index (χ1) is 8.45. The van der Waals surface area contributed by atoms with Gasteiger partial charge in [0, 0.05) is 24.0 Å². The Balaban J connectivity index is 2.26. The van der Waals surface area contributed by atoms with Gasteiger partial charge < -0.3 is 5.73 Å². The van der Waals surface area contributed by atoms with Crippen LogP contribution in [0.15, 0.2) is 16.3 Å². The maximum Gasteiger partial charge on any atom is 0.252 e. The predicted octanol–water partition coefficient (Wildman–Crippen LogP) is 2.02. The summed E-state index contributed by atoms with van der Waals surface area (Å²) in [5.74, 6) is 0.342. The molecule has 0 bridgehead atoms. The van der Waals surface area contributed by atoms with Crippen LogP contribution in [0.25, 0.3) is 0 Å². The molecule has 2 N–H and O–H groups in total. The Hall–Kier alpha value is -0.430. The smallest absolute Gasteiger partial charge is 0.252 e. The molecule has 1 fully saturated rings. The molecule has 0 atom stereocenters. The van der Waals surface area contributed by atoms with Crippen LogP contribution in [0.4, 0.5) is 0 Å². The Labute approximate surface area is 113 Å². The molecular weight excluding hydrogens is 268 g/mol. The van der Waals surface area contributed by atoms with E-state index in [9.17, 15) is 8.42 Å². The summed E-state index contributed by atoms with van der Waals surface area (Å²) in [6, 6.07) is 3.69. The van der Waals surface area contributed by atoms with Gasteiger partial charge in [-0.2, -0.15) is 4.31 Å². The molecular formula is C12H20N2O2S2. The first-order valence-corrected chi connectivity index (χ1v) is 8.51. The number of hydrogen-bond acceptors (Lipinski definition) is 4. The number of rotatable bonds is 6. The topological polar surface area (TPSA) is 63.4 Å². The summed E-state index contributed by atoms with van der Waals surface area (Å²) < 4.78 is 27.2. The second kappa shape index (κ2) is 5.28. The molecule has 18 heavy (non-hydrogen) atoms. The van der Waals surface area contributed by atoms with E-state index >= 15 is 0 Å². The van der Waals surface area contributed by atoms with E-state index in [0.29, 0.717) is 23.2 Å². The summed E-state index contributed by atoms with van der Waals surface area (Å²) in [5.41, 5.74) is 5.54. The predicted molar refractivity (Wildman–Crippen MR) is 74.0 cm³/mol. The Kier molecular flexibility index (Phi) is 4.11. The molecule has 1 aromatic rings. The number of nitrogens with two attached hydrogens (primary N) is 1. The normalized spacial score (nSPS) is 16.7. The molecule has 0 unspecified atom stereocenters. The zero-order chi connectivity index (χ0) is 13.3. The van der Waals surface area contributed by atoms with Crippen molar-refractivity contribution in [1.29, 1.82) is 0 Å². The lowest BCUT2D eigenvalue weighted by Crippen LogP contribution is -2.35. The van der Waals surface area contributed by atoms with Gasteiger partial charge in [-0.05, 0) is 30.9 Å². The largest absolute Gasteiger partial charge is 0.326 e. The number of nitrogens with zero attached hydrogens (tertiary/aromatic N) is 1. The fourth-order valence-corrected chi connectivity index (χ4v) is 5.10. The van der Waals surface area contributed by atoms with E-state index in [1.807, 2.05) is 13.8 Å². The van der Waals surface area contributed by atoms with Crippen molar-refractivity contribution in [2.24, 2.45) is 11.7 Å². The van der Waals surface area contributed by atoms with Gasteiger partial charge in [0.05, 0.1) is 0 Å². The molecule has 1 aromatic heterocycles. The lowest BCUT2D eigenvalue weighted by molar-refractivity contribution is 0.361. The van der Waals surface area contributed by atoms with Crippen molar-refractivity contribution in [3.63, 3.8) is 0 Å². The standard InChI is InChI=1S/C12H20N2O2S2/c1-9(2)8-14(10-3-4-10)18(15,16)12-6-5-11(7-13)17-12/h5-6,9-10H,3-4,7-8,13H2,1-2H3. The van der Waals surface area contributed by atoms with Crippen molar-refractivity contribution in [3.05, 3.63) is 17.0 Å². The fourth-order valence-electron chi connectivity index (χ4n) is 1.89. The monoisotopic (exact) mass is 288 g/mol. The third-order valence-electron chi connectivity index (χ3n) is 2.90. The van der Waals surface area contributed by atoms with Crippen molar-refractivity contribution in [3.8, 4) is 0 Å². The average molecular weight is 288 g/mol. The average Bonchev–Trinajstić information content (AvgIpc) is 3.01. The van der Waals surface area contributed by atoms with E-state index in [1.165, 1.54) is 11.3 Å². The van der Waals surface area contributed by atoms with Gasteiger partial charge in [0.1, 0.15) is 4.21 Å². The van der Waals surface area contributed by atoms with E-state index < -0.39 is 10.0 Å². The van der Waals surface area contributed by atoms with Crippen LogP contribution in [0.3, 0.4) is 0 Å². The van der Waals surface area contributed by atoms with Crippen molar-refractivity contribution in [1.82, 2.24) is 4.31 Å². The van der Waals surface area contributed by atoms with Crippen LogP contribution in [0.5, 0.6) is 0 Å². The Morgan fingerprint density at radius 2 is 2.11 bits per heavy atom. The minimum atomic E-state index is -3.33. The molecule has 1 aliphatic rings. The van der Waals surface area contributed by atoms with Crippen molar-refractivity contribution in [2.75, 3.05) is 6.54 Å². The molecule has 0 spiro atoms. The van der Waals surface area contributed by atoms with Crippen molar-refractivity contribution in [2.45, 2.75) is 43.5 Å². The van der Waals surface area contributed by atoms with Gasteiger partial charge in [-0.3, -0.25) is 0 Å². The van der Waals surface area contributed by atoms with Gasteiger partial charge in [0.2, 0.25) is 0 Å². The second-order valence-electron chi connectivity index (χ2n) is 5.12. The van der Waals surface area contributed by atoms with Crippen LogP contribution in [0.2, 0.25) is 0 Å². The number of sulfonamides is 1. The van der Waals surface area contributed by atoms with Crippen LogP contribution >= 0.6 is 11.3 Å². The van der Waals surface area contributed by atoms with Gasteiger partial charge >= 0.3 is 0 Å². The van der Waals surface area contributed by atoms with E-state index in [4.69, 9.17) is 5.73 Å². The Bertz CT molecular complexity index is 504. The molecule has 102 valence electrons. The van der Waals surface area contributed by atoms with Crippen LogP contribution in [-0.2, 0) is 16.6 Å². The Morgan fingerprint density at radius 1 is 1.44 bits per heavy atom. The highest BCUT2D eigenvalue weighted by molar-refractivity contribution is 7.91. The van der Waals surface area contributed by atoms with Crippen LogP contribution in [0, 0.1) is 5.92 Å². The van der Waals surface area contributed by atoms with Gasteiger partial charge in [-0.15, -0.1) is 11.3 Å². The summed E-state index contributed by atoms with van der Waals surface area (Å²) in [6.07, 6.45) is 1.97. The molecule has 1 aliphatic carbocycles. The van der Waals surface area contributed by atoms with Crippen molar-refractivity contribution >= 4 is 21.4 Å². The molecule has 1 heterocycles. The zero-order valence-electron chi connectivity index (χ0n) is 10.8. The van der Waals surface area contributed by atoms with Crippen molar-refractivity contribution < 1.29 is 8.42 Å². The third-order valence-corrected chi connectivity index (χ3v) is 6.39. The molecule has 4 nitrogen and oxygen atoms in total. The molecule has 2 rings (SSSR count). The summed E-state index contributed by atoms with van der Waals surface area (Å²) in [4.78, 5) is 0.911. The SMILES string of the molecule is CC(C)CN(C1CC1)S(=O)(=O)c1ccc(CN)s1. The minimum absolute atomic E-state index is 0.209. The minimum Gasteiger partial charge on any atom is -0.326 e. The molecule has 0 radical (unpaired) electrons. The molecule has 0 aliphatic heterocycles. The first kappa shape index (κ1) is 14.0. The highest BCUT2D eigenvalue weighted by atomic mass is 32.2. The maximum atomic E-state index is 12.6. The zero-order valence-corrected chi connectivity index (χ0v) is 12.4. The van der Waals surface area contributed by atoms with E-state index in [1.54, 1.807) is 16.4 Å². The third kappa shape index (κ3) is 2.93. The van der Waals surface area contributed by atoms with Gasteiger partial charge in [0.15, 0.2) is 0 Å². The van der Waals surface area contributed by atoms with Gasteiger partial charge in [-0.25, -0.2) is 8.42 Å². The lowest BCUT2D eigenvalue weighted by atomic mass is 10.2. The summed E-state index contributed by atoms with van der Waals surface area (Å²) >= 11 is 1.29. The summed E-state index contributed by atoms with van der Waals surface area (Å²) in [7, 11) is -3.33.